The molecule has 3 saturated heterocycles. The van der Waals surface area contributed by atoms with E-state index in [1.54, 1.807) is 0 Å². The molecule has 5 rings (SSSR count). The van der Waals surface area contributed by atoms with Gasteiger partial charge in [0.25, 0.3) is 0 Å². The number of aromatic nitrogens is 1. The SMILES string of the molecule is CC.O=C(O)CN1C2CC[C@H]1CC(C(=O)N1CCC(Cc3ccc4c(n3)NCCC4)CC1)C2. The van der Waals surface area contributed by atoms with Crippen molar-refractivity contribution in [1.82, 2.24) is 14.8 Å². The molecule has 7 heteroatoms. The summed E-state index contributed by atoms with van der Waals surface area (Å²) in [5, 5.41) is 12.6. The second-order valence-corrected chi connectivity index (χ2v) is 9.93. The number of aryl methyl sites for hydroxylation is 1. The number of carbonyl (C=O) groups is 2. The summed E-state index contributed by atoms with van der Waals surface area (Å²) < 4.78 is 0. The number of piperidine rings is 2. The lowest BCUT2D eigenvalue weighted by molar-refractivity contribution is -0.142. The fourth-order valence-corrected chi connectivity index (χ4v) is 6.28. The summed E-state index contributed by atoms with van der Waals surface area (Å²) >= 11 is 0. The van der Waals surface area contributed by atoms with Crippen LogP contribution in [0.4, 0.5) is 5.82 Å². The molecule has 0 spiro atoms. The summed E-state index contributed by atoms with van der Waals surface area (Å²) in [5.41, 5.74) is 2.50. The van der Waals surface area contributed by atoms with E-state index in [-0.39, 0.29) is 24.5 Å². The van der Waals surface area contributed by atoms with Gasteiger partial charge in [0.15, 0.2) is 0 Å². The van der Waals surface area contributed by atoms with Crippen LogP contribution in [0.2, 0.25) is 0 Å². The first kappa shape index (κ1) is 24.0. The van der Waals surface area contributed by atoms with Crippen LogP contribution in [-0.4, -0.2) is 70.0 Å². The summed E-state index contributed by atoms with van der Waals surface area (Å²) in [6.07, 6.45) is 9.11. The molecule has 3 atom stereocenters. The van der Waals surface area contributed by atoms with Crippen LogP contribution in [0.1, 0.15) is 70.1 Å². The fraction of sp³-hybridized carbons (Fsp3) is 0.731. The van der Waals surface area contributed by atoms with Crippen molar-refractivity contribution in [3.63, 3.8) is 0 Å². The first-order chi connectivity index (χ1) is 16.1. The number of hydrogen-bond acceptors (Lipinski definition) is 5. The van der Waals surface area contributed by atoms with Crippen LogP contribution >= 0.6 is 0 Å². The monoisotopic (exact) mass is 456 g/mol. The summed E-state index contributed by atoms with van der Waals surface area (Å²) in [4.78, 5) is 33.4. The molecule has 1 aromatic rings. The third kappa shape index (κ3) is 5.51. The number of carbonyl (C=O) groups excluding carboxylic acids is 1. The molecule has 3 fully saturated rings. The van der Waals surface area contributed by atoms with Gasteiger partial charge in [-0.05, 0) is 75.3 Å². The Kier molecular flexibility index (Phi) is 7.89. The van der Waals surface area contributed by atoms with E-state index < -0.39 is 5.97 Å². The zero-order chi connectivity index (χ0) is 23.4. The number of aliphatic carboxylic acids is 1. The summed E-state index contributed by atoms with van der Waals surface area (Å²) in [7, 11) is 0. The number of amides is 1. The van der Waals surface area contributed by atoms with Crippen LogP contribution in [0.25, 0.3) is 0 Å². The zero-order valence-electron chi connectivity index (χ0n) is 20.3. The van der Waals surface area contributed by atoms with Crippen LogP contribution in [0.3, 0.4) is 0 Å². The molecular weight excluding hydrogens is 416 g/mol. The van der Waals surface area contributed by atoms with Gasteiger partial charge in [-0.3, -0.25) is 14.5 Å². The summed E-state index contributed by atoms with van der Waals surface area (Å²) in [6.45, 7) is 6.82. The number of pyridine rings is 1. The minimum absolute atomic E-state index is 0.0764. The van der Waals surface area contributed by atoms with Crippen molar-refractivity contribution in [2.24, 2.45) is 11.8 Å². The maximum Gasteiger partial charge on any atom is 0.317 e. The third-order valence-corrected chi connectivity index (χ3v) is 7.93. The molecule has 0 aromatic carbocycles. The van der Waals surface area contributed by atoms with Gasteiger partial charge in [0.2, 0.25) is 5.91 Å². The van der Waals surface area contributed by atoms with Crippen molar-refractivity contribution in [2.75, 3.05) is 31.5 Å². The van der Waals surface area contributed by atoms with Gasteiger partial charge in [-0.15, -0.1) is 0 Å². The van der Waals surface area contributed by atoms with Crippen LogP contribution in [-0.2, 0) is 22.4 Å². The number of likely N-dealkylation sites (tertiary alicyclic amines) is 1. The van der Waals surface area contributed by atoms with Gasteiger partial charge in [-0.2, -0.15) is 0 Å². The number of hydrogen-bond donors (Lipinski definition) is 2. The first-order valence-electron chi connectivity index (χ1n) is 13.1. The first-order valence-corrected chi connectivity index (χ1v) is 13.1. The summed E-state index contributed by atoms with van der Waals surface area (Å²) in [5.74, 6) is 1.29. The molecule has 0 aliphatic carbocycles. The standard InChI is InChI=1S/C24H34N4O3.C2H6/c29-22(30)15-28-20-5-6-21(28)14-18(13-20)24(31)27-10-7-16(8-11-27)12-19-4-3-17-2-1-9-25-23(17)26-19;1-2/h3-4,16,18,20-21H,1-2,5-15H2,(H,25,26)(H,29,30);1-2H3/t18?,20-,21?;/m0./s1. The van der Waals surface area contributed by atoms with Crippen LogP contribution in [0.15, 0.2) is 12.1 Å². The molecule has 1 aromatic heterocycles. The predicted octanol–water partition coefficient (Wildman–Crippen LogP) is 3.57. The molecule has 4 aliphatic heterocycles. The molecule has 1 amide bonds. The Hall–Kier alpha value is -2.15. The van der Waals surface area contributed by atoms with E-state index in [1.165, 1.54) is 17.7 Å². The lowest BCUT2D eigenvalue weighted by Gasteiger charge is -2.40. The zero-order valence-corrected chi connectivity index (χ0v) is 20.3. The van der Waals surface area contributed by atoms with E-state index in [0.717, 1.165) is 76.8 Å². The van der Waals surface area contributed by atoms with Crippen LogP contribution in [0.5, 0.6) is 0 Å². The van der Waals surface area contributed by atoms with E-state index in [0.29, 0.717) is 11.8 Å². The number of carboxylic acids is 1. The Morgan fingerprint density at radius 3 is 2.45 bits per heavy atom. The predicted molar refractivity (Wildman–Crippen MR) is 129 cm³/mol. The van der Waals surface area contributed by atoms with Crippen molar-refractivity contribution < 1.29 is 14.7 Å². The second-order valence-electron chi connectivity index (χ2n) is 9.93. The van der Waals surface area contributed by atoms with Crippen molar-refractivity contribution >= 4 is 17.7 Å². The van der Waals surface area contributed by atoms with Gasteiger partial charge < -0.3 is 15.3 Å². The third-order valence-electron chi connectivity index (χ3n) is 7.93. The molecule has 7 nitrogen and oxygen atoms in total. The molecule has 4 aliphatic rings. The van der Waals surface area contributed by atoms with Crippen molar-refractivity contribution in [1.29, 1.82) is 0 Å². The van der Waals surface area contributed by atoms with E-state index in [2.05, 4.69) is 27.2 Å². The summed E-state index contributed by atoms with van der Waals surface area (Å²) in [6, 6.07) is 4.95. The molecule has 2 N–H and O–H groups in total. The van der Waals surface area contributed by atoms with Gasteiger partial charge in [0.1, 0.15) is 5.82 Å². The maximum atomic E-state index is 13.2. The van der Waals surface area contributed by atoms with E-state index in [1.807, 2.05) is 13.8 Å². The average molecular weight is 457 g/mol. The quantitative estimate of drug-likeness (QED) is 0.705. The lowest BCUT2D eigenvalue weighted by Crippen LogP contribution is -2.50. The van der Waals surface area contributed by atoms with Gasteiger partial charge in [-0.25, -0.2) is 4.98 Å². The molecule has 0 radical (unpaired) electrons. The number of anilines is 1. The normalized spacial score (nSPS) is 27.2. The van der Waals surface area contributed by atoms with Crippen LogP contribution < -0.4 is 5.32 Å². The molecule has 5 heterocycles. The Balaban J connectivity index is 0.00000126. The Morgan fingerprint density at radius 1 is 1.09 bits per heavy atom. The Bertz CT molecular complexity index is 823. The number of rotatable bonds is 5. The highest BCUT2D eigenvalue weighted by molar-refractivity contribution is 5.79. The number of fused-ring (bicyclic) bond motifs is 3. The Morgan fingerprint density at radius 2 is 1.79 bits per heavy atom. The molecule has 182 valence electrons. The lowest BCUT2D eigenvalue weighted by atomic mass is 9.87. The molecule has 33 heavy (non-hydrogen) atoms. The molecule has 2 unspecified atom stereocenters. The smallest absolute Gasteiger partial charge is 0.317 e. The van der Waals surface area contributed by atoms with Crippen LogP contribution in [0, 0.1) is 11.8 Å². The minimum Gasteiger partial charge on any atom is -0.480 e. The highest BCUT2D eigenvalue weighted by Crippen LogP contribution is 2.39. The van der Waals surface area contributed by atoms with Crippen molar-refractivity contribution in [2.45, 2.75) is 83.7 Å². The number of nitrogens with zero attached hydrogens (tertiary/aromatic N) is 3. The fourth-order valence-electron chi connectivity index (χ4n) is 6.28. The molecule has 0 saturated carbocycles. The average Bonchev–Trinajstić information content (AvgIpc) is 3.06. The largest absolute Gasteiger partial charge is 0.480 e. The molecule has 2 bridgehead atoms. The van der Waals surface area contributed by atoms with Gasteiger partial charge in [0, 0.05) is 43.3 Å². The van der Waals surface area contributed by atoms with Crippen molar-refractivity contribution in [3.05, 3.63) is 23.4 Å². The molecular formula is C26H40N4O3. The number of nitrogens with one attached hydrogen (secondary N) is 1. The number of carboxylic acid groups (broad SMARTS) is 1. The highest BCUT2D eigenvalue weighted by Gasteiger charge is 2.44. The Labute approximate surface area is 197 Å². The minimum atomic E-state index is -0.757. The maximum absolute atomic E-state index is 13.2. The van der Waals surface area contributed by atoms with Crippen molar-refractivity contribution in [3.8, 4) is 0 Å². The second kappa shape index (κ2) is 10.9. The van der Waals surface area contributed by atoms with E-state index in [9.17, 15) is 14.7 Å². The van der Waals surface area contributed by atoms with Gasteiger partial charge >= 0.3 is 5.97 Å². The topological polar surface area (TPSA) is 85.8 Å². The van der Waals surface area contributed by atoms with E-state index in [4.69, 9.17) is 4.98 Å². The highest BCUT2D eigenvalue weighted by atomic mass is 16.4. The van der Waals surface area contributed by atoms with E-state index >= 15 is 0 Å². The van der Waals surface area contributed by atoms with Gasteiger partial charge in [-0.1, -0.05) is 19.9 Å². The van der Waals surface area contributed by atoms with Gasteiger partial charge in [0.05, 0.1) is 6.54 Å².